The van der Waals surface area contributed by atoms with Crippen molar-refractivity contribution in [1.82, 2.24) is 9.88 Å². The Morgan fingerprint density at radius 2 is 1.75 bits per heavy atom. The molecule has 0 saturated heterocycles. The molecule has 3 rings (SSSR count). The van der Waals surface area contributed by atoms with E-state index in [4.69, 9.17) is 0 Å². The smallest absolute Gasteiger partial charge is 0.131 e. The van der Waals surface area contributed by atoms with Crippen molar-refractivity contribution < 1.29 is 4.39 Å². The fourth-order valence-electron chi connectivity index (χ4n) is 2.59. The predicted molar refractivity (Wildman–Crippen MR) is 81.1 cm³/mol. The highest BCUT2D eigenvalue weighted by atomic mass is 19.1. The van der Waals surface area contributed by atoms with Gasteiger partial charge in [0, 0.05) is 29.3 Å². The molecule has 0 fully saturated rings. The van der Waals surface area contributed by atoms with Gasteiger partial charge in [0.2, 0.25) is 0 Å². The highest BCUT2D eigenvalue weighted by Gasteiger charge is 2.11. The molecule has 1 heterocycles. The summed E-state index contributed by atoms with van der Waals surface area (Å²) in [5.41, 5.74) is 3.76. The predicted octanol–water partition coefficient (Wildman–Crippen LogP) is 4.04. The van der Waals surface area contributed by atoms with Gasteiger partial charge in [-0.25, -0.2) is 4.39 Å². The molecule has 0 unspecified atom stereocenters. The van der Waals surface area contributed by atoms with Crippen LogP contribution in [0.3, 0.4) is 0 Å². The van der Waals surface area contributed by atoms with Crippen LogP contribution >= 0.6 is 0 Å². The van der Waals surface area contributed by atoms with E-state index >= 15 is 0 Å². The van der Waals surface area contributed by atoms with Crippen LogP contribution in [0.25, 0.3) is 22.0 Å². The molecular formula is C17H17FN2. The van der Waals surface area contributed by atoms with Gasteiger partial charge in [-0.2, -0.15) is 0 Å². The molecule has 0 bridgehead atoms. The van der Waals surface area contributed by atoms with Gasteiger partial charge in [-0.05, 0) is 25.7 Å². The summed E-state index contributed by atoms with van der Waals surface area (Å²) < 4.78 is 14.0. The van der Waals surface area contributed by atoms with E-state index in [9.17, 15) is 4.39 Å². The van der Waals surface area contributed by atoms with Crippen LogP contribution in [0.15, 0.2) is 48.7 Å². The first-order valence-corrected chi connectivity index (χ1v) is 6.65. The molecule has 0 aliphatic rings. The first kappa shape index (κ1) is 12.9. The molecule has 0 saturated carbocycles. The van der Waals surface area contributed by atoms with Gasteiger partial charge in [-0.3, -0.25) is 0 Å². The maximum Gasteiger partial charge on any atom is 0.131 e. The molecule has 1 aromatic heterocycles. The van der Waals surface area contributed by atoms with Crippen LogP contribution < -0.4 is 0 Å². The van der Waals surface area contributed by atoms with Crippen molar-refractivity contribution in [2.45, 2.75) is 6.54 Å². The van der Waals surface area contributed by atoms with Crippen LogP contribution in [0, 0.1) is 5.82 Å². The molecule has 0 aliphatic heterocycles. The van der Waals surface area contributed by atoms with E-state index in [1.807, 2.05) is 44.6 Å². The van der Waals surface area contributed by atoms with Crippen LogP contribution in [0.4, 0.5) is 4.39 Å². The minimum atomic E-state index is -0.191. The number of hydrogen-bond donors (Lipinski definition) is 1. The monoisotopic (exact) mass is 268 g/mol. The highest BCUT2D eigenvalue weighted by Crippen LogP contribution is 2.31. The Bertz CT molecular complexity index is 744. The van der Waals surface area contributed by atoms with Crippen LogP contribution in [-0.2, 0) is 6.54 Å². The maximum absolute atomic E-state index is 14.0. The lowest BCUT2D eigenvalue weighted by Crippen LogP contribution is -2.10. The fourth-order valence-corrected chi connectivity index (χ4v) is 2.59. The lowest BCUT2D eigenvalue weighted by Gasteiger charge is -2.09. The second-order valence-electron chi connectivity index (χ2n) is 5.26. The highest BCUT2D eigenvalue weighted by molar-refractivity contribution is 5.96. The lowest BCUT2D eigenvalue weighted by molar-refractivity contribution is 0.404. The summed E-state index contributed by atoms with van der Waals surface area (Å²) in [6, 6.07) is 12.9. The standard InChI is InChI=1S/C17H17FN2/c1-20(2)11-12-10-19-17-13(12)7-5-8-15(17)14-6-3-4-9-16(14)18/h3-10,19H,11H2,1-2H3. The second kappa shape index (κ2) is 5.10. The number of fused-ring (bicyclic) bond motifs is 1. The summed E-state index contributed by atoms with van der Waals surface area (Å²) in [6.45, 7) is 0.862. The zero-order chi connectivity index (χ0) is 14.1. The number of benzene rings is 2. The van der Waals surface area contributed by atoms with E-state index in [0.29, 0.717) is 5.56 Å². The first-order valence-electron chi connectivity index (χ1n) is 6.65. The average Bonchev–Trinajstić information content (AvgIpc) is 2.82. The molecule has 3 aromatic rings. The van der Waals surface area contributed by atoms with E-state index in [1.54, 1.807) is 6.07 Å². The Labute approximate surface area is 117 Å². The van der Waals surface area contributed by atoms with Crippen LogP contribution in [-0.4, -0.2) is 24.0 Å². The summed E-state index contributed by atoms with van der Waals surface area (Å²) in [5, 5.41) is 1.15. The number of aromatic nitrogens is 1. The van der Waals surface area contributed by atoms with Crippen LogP contribution in [0.2, 0.25) is 0 Å². The van der Waals surface area contributed by atoms with Crippen LogP contribution in [0.5, 0.6) is 0 Å². The molecule has 0 radical (unpaired) electrons. The normalized spacial score (nSPS) is 11.4. The molecule has 2 nitrogen and oxygen atoms in total. The number of nitrogens with one attached hydrogen (secondary N) is 1. The minimum Gasteiger partial charge on any atom is -0.360 e. The number of H-pyrrole nitrogens is 1. The maximum atomic E-state index is 14.0. The molecular weight excluding hydrogens is 251 g/mol. The molecule has 0 amide bonds. The Kier molecular flexibility index (Phi) is 3.28. The zero-order valence-corrected chi connectivity index (χ0v) is 11.7. The molecule has 102 valence electrons. The van der Waals surface area contributed by atoms with Crippen molar-refractivity contribution in [2.75, 3.05) is 14.1 Å². The van der Waals surface area contributed by atoms with E-state index in [0.717, 1.165) is 23.0 Å². The van der Waals surface area contributed by atoms with E-state index in [1.165, 1.54) is 11.6 Å². The number of nitrogens with zero attached hydrogens (tertiary/aromatic N) is 1. The number of rotatable bonds is 3. The van der Waals surface area contributed by atoms with Gasteiger partial charge in [0.15, 0.2) is 0 Å². The van der Waals surface area contributed by atoms with Crippen molar-refractivity contribution >= 4 is 10.9 Å². The van der Waals surface area contributed by atoms with Crippen LogP contribution in [0.1, 0.15) is 5.56 Å². The third-order valence-corrected chi connectivity index (χ3v) is 3.45. The van der Waals surface area contributed by atoms with Gasteiger partial charge in [-0.1, -0.05) is 36.4 Å². The summed E-state index contributed by atoms with van der Waals surface area (Å²) in [6.07, 6.45) is 2.01. The van der Waals surface area contributed by atoms with Crippen molar-refractivity contribution in [2.24, 2.45) is 0 Å². The lowest BCUT2D eigenvalue weighted by atomic mass is 10.0. The molecule has 0 atom stereocenters. The molecule has 1 N–H and O–H groups in total. The Hall–Kier alpha value is -2.13. The van der Waals surface area contributed by atoms with E-state index in [-0.39, 0.29) is 5.82 Å². The van der Waals surface area contributed by atoms with Crippen molar-refractivity contribution in [3.8, 4) is 11.1 Å². The van der Waals surface area contributed by atoms with Crippen molar-refractivity contribution in [3.05, 3.63) is 60.0 Å². The molecule has 0 aliphatic carbocycles. The molecule has 20 heavy (non-hydrogen) atoms. The third kappa shape index (κ3) is 2.21. The summed E-state index contributed by atoms with van der Waals surface area (Å²) >= 11 is 0. The zero-order valence-electron chi connectivity index (χ0n) is 11.7. The van der Waals surface area contributed by atoms with Gasteiger partial charge >= 0.3 is 0 Å². The van der Waals surface area contributed by atoms with Gasteiger partial charge in [0.05, 0.1) is 5.52 Å². The van der Waals surface area contributed by atoms with Crippen molar-refractivity contribution in [1.29, 1.82) is 0 Å². The number of aromatic amines is 1. The van der Waals surface area contributed by atoms with E-state index < -0.39 is 0 Å². The number of halogens is 1. The third-order valence-electron chi connectivity index (χ3n) is 3.45. The topological polar surface area (TPSA) is 19.0 Å². The fraction of sp³-hybridized carbons (Fsp3) is 0.176. The summed E-state index contributed by atoms with van der Waals surface area (Å²) in [7, 11) is 4.08. The Morgan fingerprint density at radius 1 is 1.00 bits per heavy atom. The Morgan fingerprint density at radius 3 is 2.50 bits per heavy atom. The quantitative estimate of drug-likeness (QED) is 0.759. The average molecular weight is 268 g/mol. The second-order valence-corrected chi connectivity index (χ2v) is 5.26. The number of hydrogen-bond acceptors (Lipinski definition) is 1. The van der Waals surface area contributed by atoms with Gasteiger partial charge < -0.3 is 9.88 Å². The minimum absolute atomic E-state index is 0.191. The Balaban J connectivity index is 2.18. The van der Waals surface area contributed by atoms with E-state index in [2.05, 4.69) is 16.0 Å². The van der Waals surface area contributed by atoms with Gasteiger partial charge in [-0.15, -0.1) is 0 Å². The first-order chi connectivity index (χ1) is 9.66. The van der Waals surface area contributed by atoms with Crippen molar-refractivity contribution in [3.63, 3.8) is 0 Å². The van der Waals surface area contributed by atoms with Gasteiger partial charge in [0.1, 0.15) is 5.82 Å². The summed E-state index contributed by atoms with van der Waals surface area (Å²) in [4.78, 5) is 5.42. The SMILES string of the molecule is CN(C)Cc1c[nH]c2c(-c3ccccc3F)cccc12. The molecule has 0 spiro atoms. The van der Waals surface area contributed by atoms with Gasteiger partial charge in [0.25, 0.3) is 0 Å². The number of para-hydroxylation sites is 1. The molecule has 3 heteroatoms. The molecule has 2 aromatic carbocycles. The largest absolute Gasteiger partial charge is 0.360 e. The summed E-state index contributed by atoms with van der Waals surface area (Å²) in [5.74, 6) is -0.191.